The molecule has 2 aromatic rings. The Hall–Kier alpha value is -1.86. The van der Waals surface area contributed by atoms with E-state index in [4.69, 9.17) is 0 Å². The van der Waals surface area contributed by atoms with E-state index in [2.05, 4.69) is 26.6 Å². The third-order valence-corrected chi connectivity index (χ3v) is 5.28. The molecule has 2 heterocycles. The number of benzene rings is 1. The molecule has 1 aromatic carbocycles. The number of aryl methyl sites for hydroxylation is 1. The highest BCUT2D eigenvalue weighted by atomic mass is 79.9. The summed E-state index contributed by atoms with van der Waals surface area (Å²) in [6.07, 6.45) is 0. The maximum atomic E-state index is 12.3. The topological polar surface area (TPSA) is 61.4 Å². The maximum absolute atomic E-state index is 12.3. The molecule has 1 fully saturated rings. The van der Waals surface area contributed by atoms with Crippen molar-refractivity contribution in [2.75, 3.05) is 18.0 Å². The van der Waals surface area contributed by atoms with E-state index in [1.165, 1.54) is 0 Å². The van der Waals surface area contributed by atoms with Crippen molar-refractivity contribution in [3.8, 4) is 0 Å². The van der Waals surface area contributed by atoms with Crippen LogP contribution in [0.1, 0.15) is 20.8 Å². The monoisotopic (exact) mass is 393 g/mol. The molecule has 2 N–H and O–H groups in total. The van der Waals surface area contributed by atoms with E-state index >= 15 is 0 Å². The molecule has 0 unspecified atom stereocenters. The van der Waals surface area contributed by atoms with Crippen LogP contribution in [0.4, 0.5) is 10.5 Å². The molecule has 0 saturated carbocycles. The van der Waals surface area contributed by atoms with Crippen LogP contribution < -0.4 is 15.5 Å². The fourth-order valence-electron chi connectivity index (χ4n) is 2.52. The Kier molecular flexibility index (Phi) is 4.68. The van der Waals surface area contributed by atoms with Gasteiger partial charge in [0.1, 0.15) is 0 Å². The summed E-state index contributed by atoms with van der Waals surface area (Å²) in [6.45, 7) is 3.72. The first-order chi connectivity index (χ1) is 11.0. The van der Waals surface area contributed by atoms with Crippen LogP contribution in [0.15, 0.2) is 34.1 Å². The van der Waals surface area contributed by atoms with E-state index in [-0.39, 0.29) is 11.9 Å². The molecular weight excluding hydrogens is 378 g/mol. The van der Waals surface area contributed by atoms with Gasteiger partial charge in [-0.2, -0.15) is 0 Å². The molecule has 120 valence electrons. The van der Waals surface area contributed by atoms with Gasteiger partial charge in [-0.3, -0.25) is 9.69 Å². The highest BCUT2D eigenvalue weighted by Gasteiger charge is 2.22. The first kappa shape index (κ1) is 16.0. The van der Waals surface area contributed by atoms with Gasteiger partial charge in [-0.05, 0) is 58.7 Å². The van der Waals surface area contributed by atoms with Crippen molar-refractivity contribution in [2.45, 2.75) is 13.5 Å². The number of carbonyl (C=O) groups is 2. The quantitative estimate of drug-likeness (QED) is 0.836. The van der Waals surface area contributed by atoms with Crippen LogP contribution in [0, 0.1) is 6.92 Å². The minimum atomic E-state index is -0.116. The van der Waals surface area contributed by atoms with Crippen molar-refractivity contribution in [3.05, 3.63) is 50.1 Å². The second kappa shape index (κ2) is 6.72. The molecule has 3 rings (SSSR count). The van der Waals surface area contributed by atoms with E-state index in [0.717, 1.165) is 19.9 Å². The lowest BCUT2D eigenvalue weighted by molar-refractivity contribution is 0.0951. The predicted octanol–water partition coefficient (Wildman–Crippen LogP) is 3.28. The molecular formula is C16H16BrN3O2S. The van der Waals surface area contributed by atoms with Gasteiger partial charge in [0.2, 0.25) is 0 Å². The van der Waals surface area contributed by atoms with Gasteiger partial charge in [-0.15, -0.1) is 11.3 Å². The summed E-state index contributed by atoms with van der Waals surface area (Å²) < 4.78 is 1.05. The van der Waals surface area contributed by atoms with Crippen molar-refractivity contribution < 1.29 is 9.59 Å². The van der Waals surface area contributed by atoms with Gasteiger partial charge in [-0.25, -0.2) is 4.79 Å². The summed E-state index contributed by atoms with van der Waals surface area (Å²) >= 11 is 5.01. The lowest BCUT2D eigenvalue weighted by atomic mass is 10.1. The summed E-state index contributed by atoms with van der Waals surface area (Å²) in [5.74, 6) is -0.116. The van der Waals surface area contributed by atoms with E-state index in [9.17, 15) is 9.59 Å². The second-order valence-corrected chi connectivity index (χ2v) is 7.82. The predicted molar refractivity (Wildman–Crippen MR) is 95.1 cm³/mol. The van der Waals surface area contributed by atoms with Crippen LogP contribution in [0.5, 0.6) is 0 Å². The zero-order valence-electron chi connectivity index (χ0n) is 12.6. The van der Waals surface area contributed by atoms with Gasteiger partial charge in [0.05, 0.1) is 10.3 Å². The maximum Gasteiger partial charge on any atom is 0.322 e. The van der Waals surface area contributed by atoms with Crippen LogP contribution in [-0.4, -0.2) is 25.0 Å². The molecule has 1 aliphatic rings. The van der Waals surface area contributed by atoms with Gasteiger partial charge < -0.3 is 10.6 Å². The highest BCUT2D eigenvalue weighted by molar-refractivity contribution is 9.11. The smallest absolute Gasteiger partial charge is 0.322 e. The van der Waals surface area contributed by atoms with Crippen molar-refractivity contribution in [1.82, 2.24) is 10.6 Å². The second-order valence-electron chi connectivity index (χ2n) is 5.27. The lowest BCUT2D eigenvalue weighted by Gasteiger charge is -2.17. The Morgan fingerprint density at radius 2 is 2.22 bits per heavy atom. The van der Waals surface area contributed by atoms with E-state index in [1.807, 2.05) is 31.2 Å². The average molecular weight is 394 g/mol. The van der Waals surface area contributed by atoms with E-state index < -0.39 is 0 Å². The average Bonchev–Trinajstić information content (AvgIpc) is 3.13. The number of anilines is 1. The summed E-state index contributed by atoms with van der Waals surface area (Å²) in [5, 5.41) is 5.69. The van der Waals surface area contributed by atoms with Crippen molar-refractivity contribution in [1.29, 1.82) is 0 Å². The molecule has 7 heteroatoms. The summed E-state index contributed by atoms with van der Waals surface area (Å²) in [6, 6.07) is 9.26. The van der Waals surface area contributed by atoms with Crippen LogP contribution in [0.3, 0.4) is 0 Å². The molecule has 0 radical (unpaired) electrons. The molecule has 0 atom stereocenters. The zero-order valence-corrected chi connectivity index (χ0v) is 15.0. The minimum absolute atomic E-state index is 0.0893. The third-order valence-electron chi connectivity index (χ3n) is 3.66. The van der Waals surface area contributed by atoms with Gasteiger partial charge in [0.15, 0.2) is 0 Å². The Labute approximate surface area is 146 Å². The Balaban J connectivity index is 1.69. The summed E-state index contributed by atoms with van der Waals surface area (Å²) in [7, 11) is 0. The number of nitrogens with zero attached hydrogens (tertiary/aromatic N) is 1. The Morgan fingerprint density at radius 1 is 1.39 bits per heavy atom. The van der Waals surface area contributed by atoms with Crippen LogP contribution in [-0.2, 0) is 6.54 Å². The first-order valence-corrected chi connectivity index (χ1v) is 8.84. The number of hydrogen-bond donors (Lipinski definition) is 2. The number of nitrogens with one attached hydrogen (secondary N) is 2. The molecule has 0 aliphatic carbocycles. The first-order valence-electron chi connectivity index (χ1n) is 7.23. The highest BCUT2D eigenvalue weighted by Crippen LogP contribution is 2.24. The van der Waals surface area contributed by atoms with E-state index in [0.29, 0.717) is 25.2 Å². The van der Waals surface area contributed by atoms with Gasteiger partial charge in [0, 0.05) is 29.2 Å². The molecule has 23 heavy (non-hydrogen) atoms. The normalized spacial score (nSPS) is 14.0. The Bertz CT molecular complexity index is 760. The van der Waals surface area contributed by atoms with Gasteiger partial charge >= 0.3 is 6.03 Å². The number of halogens is 1. The minimum Gasteiger partial charge on any atom is -0.347 e. The molecule has 5 nitrogen and oxygen atoms in total. The Morgan fingerprint density at radius 3 is 2.83 bits per heavy atom. The number of thiophene rings is 1. The standard InChI is InChI=1S/C16H16BrN3O2S/c1-10-8-11(2-4-13(10)20-7-6-18-16(20)22)15(21)19-9-12-3-5-14(17)23-12/h2-5,8H,6-7,9H2,1H3,(H,18,22)(H,19,21). The molecule has 1 saturated heterocycles. The van der Waals surface area contributed by atoms with Gasteiger partial charge in [0.25, 0.3) is 5.91 Å². The largest absolute Gasteiger partial charge is 0.347 e. The number of carbonyl (C=O) groups excluding carboxylic acids is 2. The molecule has 0 spiro atoms. The fourth-order valence-corrected chi connectivity index (χ4v) is 3.94. The molecule has 0 bridgehead atoms. The number of amides is 3. The summed E-state index contributed by atoms with van der Waals surface area (Å²) in [4.78, 5) is 26.8. The number of hydrogen-bond acceptors (Lipinski definition) is 3. The number of rotatable bonds is 4. The van der Waals surface area contributed by atoms with Crippen molar-refractivity contribution >= 4 is 44.9 Å². The van der Waals surface area contributed by atoms with Crippen LogP contribution in [0.25, 0.3) is 0 Å². The SMILES string of the molecule is Cc1cc(C(=O)NCc2ccc(Br)s2)ccc1N1CCNC1=O. The van der Waals surface area contributed by atoms with E-state index in [1.54, 1.807) is 22.3 Å². The van der Waals surface area contributed by atoms with Crippen molar-refractivity contribution in [3.63, 3.8) is 0 Å². The van der Waals surface area contributed by atoms with Gasteiger partial charge in [-0.1, -0.05) is 0 Å². The fraction of sp³-hybridized carbons (Fsp3) is 0.250. The van der Waals surface area contributed by atoms with Crippen LogP contribution >= 0.6 is 27.3 Å². The number of urea groups is 1. The van der Waals surface area contributed by atoms with Crippen LogP contribution in [0.2, 0.25) is 0 Å². The van der Waals surface area contributed by atoms with Crippen molar-refractivity contribution in [2.24, 2.45) is 0 Å². The zero-order chi connectivity index (χ0) is 16.4. The summed E-state index contributed by atoms with van der Waals surface area (Å²) in [5.41, 5.74) is 2.36. The molecule has 1 aliphatic heterocycles. The lowest BCUT2D eigenvalue weighted by Crippen LogP contribution is -2.28. The third kappa shape index (κ3) is 3.56. The molecule has 3 amide bonds. The molecule has 1 aromatic heterocycles.